The van der Waals surface area contributed by atoms with E-state index in [-0.39, 0.29) is 33.9 Å². The van der Waals surface area contributed by atoms with Gasteiger partial charge in [0.1, 0.15) is 11.2 Å². The summed E-state index contributed by atoms with van der Waals surface area (Å²) in [7, 11) is 0. The highest BCUT2D eigenvalue weighted by Gasteiger charge is 2.48. The molecule has 0 radical (unpaired) electrons. The summed E-state index contributed by atoms with van der Waals surface area (Å²) in [6.07, 6.45) is 0. The Balaban J connectivity index is 1.33. The van der Waals surface area contributed by atoms with Crippen LogP contribution in [-0.2, 0) is 27.1 Å². The van der Waals surface area contributed by atoms with Crippen LogP contribution < -0.4 is 16.0 Å². The van der Waals surface area contributed by atoms with Crippen LogP contribution in [0.1, 0.15) is 132 Å². The lowest BCUT2D eigenvalue weighted by molar-refractivity contribution is 0.557. The molecule has 7 aromatic carbocycles. The van der Waals surface area contributed by atoms with Crippen LogP contribution in [0.2, 0.25) is 0 Å². The second kappa shape index (κ2) is 14.1. The molecule has 4 nitrogen and oxygen atoms in total. The first-order valence-electron chi connectivity index (χ1n) is 25.2. The molecule has 0 spiro atoms. The fraction of sp³-hybridized carbons (Fsp3) is 0.312. The van der Waals surface area contributed by atoms with Gasteiger partial charge in [-0.1, -0.05) is 171 Å². The van der Waals surface area contributed by atoms with Crippen molar-refractivity contribution in [1.82, 2.24) is 9.05 Å². The van der Waals surface area contributed by atoms with E-state index < -0.39 is 0 Å². The first-order chi connectivity index (χ1) is 32.4. The van der Waals surface area contributed by atoms with Gasteiger partial charge in [-0.25, -0.2) is 0 Å². The van der Waals surface area contributed by atoms with Gasteiger partial charge in [0.25, 0.3) is 0 Å². The van der Waals surface area contributed by atoms with Crippen LogP contribution in [-0.4, -0.2) is 15.9 Å². The van der Waals surface area contributed by atoms with E-state index >= 15 is 0 Å². The molecule has 0 aliphatic carbocycles. The van der Waals surface area contributed by atoms with E-state index in [9.17, 15) is 0 Å². The normalized spacial score (nSPS) is 14.2. The van der Waals surface area contributed by atoms with Gasteiger partial charge in [0.2, 0.25) is 0 Å². The number of para-hydroxylation sites is 2. The molecule has 2 aliphatic rings. The summed E-state index contributed by atoms with van der Waals surface area (Å²) in [5.41, 5.74) is 21.5. The Kier molecular flexibility index (Phi) is 8.94. The molecule has 3 aromatic heterocycles. The second-order valence-corrected chi connectivity index (χ2v) is 25.5. The van der Waals surface area contributed by atoms with E-state index in [1.54, 1.807) is 0 Å². The Hall–Kier alpha value is -6.46. The number of fused-ring (bicyclic) bond motifs is 13. The lowest BCUT2D eigenvalue weighted by atomic mass is 9.47. The van der Waals surface area contributed by atoms with E-state index in [0.717, 1.165) is 28.3 Å². The number of aromatic nitrogens is 2. The molecule has 346 valence electrons. The van der Waals surface area contributed by atoms with Gasteiger partial charge in [-0.05, 0) is 121 Å². The Morgan fingerprint density at radius 1 is 0.435 bits per heavy atom. The summed E-state index contributed by atoms with van der Waals surface area (Å²) in [6.45, 7) is 34.8. The molecular formula is C64H66BN3O. The number of benzene rings is 7. The highest BCUT2D eigenvalue weighted by Crippen LogP contribution is 2.53. The summed E-state index contributed by atoms with van der Waals surface area (Å²) < 4.78 is 13.0. The minimum Gasteiger partial charge on any atom is -0.466 e. The average molecular weight is 904 g/mol. The van der Waals surface area contributed by atoms with Crippen LogP contribution in [0.25, 0.3) is 71.4 Å². The van der Waals surface area contributed by atoms with Crippen molar-refractivity contribution in [2.45, 2.75) is 131 Å². The summed E-state index contributed by atoms with van der Waals surface area (Å²) in [5, 5.41) is 6.27. The van der Waals surface area contributed by atoms with E-state index in [1.807, 2.05) is 0 Å². The molecule has 0 bridgehead atoms. The van der Waals surface area contributed by atoms with Gasteiger partial charge in [-0.15, -0.1) is 0 Å². The summed E-state index contributed by atoms with van der Waals surface area (Å²) >= 11 is 0. The molecule has 0 N–H and O–H groups in total. The van der Waals surface area contributed by atoms with Crippen LogP contribution in [0.4, 0.5) is 17.1 Å². The zero-order valence-electron chi connectivity index (χ0n) is 43.5. The van der Waals surface area contributed by atoms with Gasteiger partial charge in [0.15, 0.2) is 0 Å². The van der Waals surface area contributed by atoms with Crippen molar-refractivity contribution in [2.75, 3.05) is 4.90 Å². The van der Waals surface area contributed by atoms with Crippen molar-refractivity contribution in [3.8, 4) is 16.8 Å². The van der Waals surface area contributed by atoms with Crippen LogP contribution in [0.5, 0.6) is 0 Å². The Morgan fingerprint density at radius 3 is 1.70 bits per heavy atom. The van der Waals surface area contributed by atoms with Crippen molar-refractivity contribution < 1.29 is 4.42 Å². The monoisotopic (exact) mass is 904 g/mol. The summed E-state index contributed by atoms with van der Waals surface area (Å²) in [5.74, 6) is 0. The molecule has 0 fully saturated rings. The molecular weight excluding hydrogens is 838 g/mol. The molecule has 5 heterocycles. The van der Waals surface area contributed by atoms with Crippen molar-refractivity contribution >= 4 is 89.6 Å². The average Bonchev–Trinajstić information content (AvgIpc) is 3.94. The fourth-order valence-corrected chi connectivity index (χ4v) is 11.7. The minimum absolute atomic E-state index is 0.0138. The molecule has 10 aromatic rings. The van der Waals surface area contributed by atoms with Crippen molar-refractivity contribution in [2.24, 2.45) is 0 Å². The number of furan rings is 1. The number of anilines is 3. The molecule has 69 heavy (non-hydrogen) atoms. The summed E-state index contributed by atoms with van der Waals surface area (Å²) in [4.78, 5) is 2.59. The molecule has 5 heteroatoms. The zero-order valence-corrected chi connectivity index (χ0v) is 43.5. The zero-order chi connectivity index (χ0) is 48.6. The molecule has 0 saturated heterocycles. The Morgan fingerprint density at radius 2 is 1.04 bits per heavy atom. The van der Waals surface area contributed by atoms with Gasteiger partial charge >= 0.3 is 6.85 Å². The highest BCUT2D eigenvalue weighted by molar-refractivity contribution is 6.89. The Labute approximate surface area is 409 Å². The molecule has 0 atom stereocenters. The molecule has 2 aliphatic heterocycles. The van der Waals surface area contributed by atoms with Crippen LogP contribution in [0.15, 0.2) is 132 Å². The lowest BCUT2D eigenvalue weighted by Gasteiger charge is -2.39. The SMILES string of the molecule is CC(C)(C)c1ccc(N2c3cc(C(C)(C)C)cc4c3B(c3oc5c(C(C)(C)C)cc(C(C)(C)C)cc5c32)n2c3ccc(C(C)(C)C)cc3c3c2c-4cc2c4ccccc4n(-c4ccccc4)c23)cc1. The smallest absolute Gasteiger partial charge is 0.375 e. The predicted octanol–water partition coefficient (Wildman–Crippen LogP) is 16.5. The van der Waals surface area contributed by atoms with Crippen LogP contribution in [0, 0.1) is 0 Å². The standard InChI is InChI=1S/C64H66BN3O/c1-60(2,3)37-25-28-42(29-26-37)67-52-35-40(63(10,11)12)32-44-46-36-45-43-23-19-20-24-50(43)66(41-21-17-16-18-22-41)55(45)53-47-31-38(61(4,5)6)27-30-51(47)68(56(46)53)65(54(44)52)59-57(67)48-33-39(62(7,8)9)34-49(58(48)69-59)64(13,14)15/h16-36H,1-15H3. The minimum atomic E-state index is -0.248. The number of hydrogen-bond donors (Lipinski definition) is 0. The molecule has 12 rings (SSSR count). The molecule has 0 saturated carbocycles. The predicted molar refractivity (Wildman–Crippen MR) is 298 cm³/mol. The third kappa shape index (κ3) is 6.34. The maximum Gasteiger partial charge on any atom is 0.375 e. The molecule has 0 unspecified atom stereocenters. The highest BCUT2D eigenvalue weighted by atomic mass is 16.3. The van der Waals surface area contributed by atoms with Crippen molar-refractivity contribution in [3.05, 3.63) is 155 Å². The number of nitrogens with zero attached hydrogens (tertiary/aromatic N) is 3. The van der Waals surface area contributed by atoms with Gasteiger partial charge in [0.05, 0.1) is 16.7 Å². The third-order valence-electron chi connectivity index (χ3n) is 15.6. The van der Waals surface area contributed by atoms with Crippen molar-refractivity contribution in [1.29, 1.82) is 0 Å². The largest absolute Gasteiger partial charge is 0.466 e. The quantitative estimate of drug-likeness (QED) is 0.162. The van der Waals surface area contributed by atoms with Crippen LogP contribution >= 0.6 is 0 Å². The lowest BCUT2D eigenvalue weighted by Crippen LogP contribution is -2.56. The first kappa shape index (κ1) is 43.8. The van der Waals surface area contributed by atoms with Gasteiger partial charge in [0, 0.05) is 66.2 Å². The van der Waals surface area contributed by atoms with Crippen molar-refractivity contribution in [3.63, 3.8) is 0 Å². The summed E-state index contributed by atoms with van der Waals surface area (Å²) in [6, 6.07) is 49.2. The Bertz CT molecular complexity index is 3790. The number of rotatable bonds is 2. The van der Waals surface area contributed by atoms with E-state index in [1.165, 1.54) is 99.1 Å². The van der Waals surface area contributed by atoms with Crippen LogP contribution in [0.3, 0.4) is 0 Å². The van der Waals surface area contributed by atoms with E-state index in [4.69, 9.17) is 4.42 Å². The first-order valence-corrected chi connectivity index (χ1v) is 25.2. The maximum absolute atomic E-state index is 7.80. The third-order valence-corrected chi connectivity index (χ3v) is 15.6. The van der Waals surface area contributed by atoms with E-state index in [2.05, 4.69) is 245 Å². The topological polar surface area (TPSA) is 26.2 Å². The van der Waals surface area contributed by atoms with Gasteiger partial charge in [-0.2, -0.15) is 0 Å². The van der Waals surface area contributed by atoms with E-state index in [0.29, 0.717) is 0 Å². The number of hydrogen-bond acceptors (Lipinski definition) is 2. The molecule has 0 amide bonds. The maximum atomic E-state index is 7.80. The second-order valence-electron chi connectivity index (χ2n) is 25.5. The van der Waals surface area contributed by atoms with Gasteiger partial charge < -0.3 is 18.4 Å². The van der Waals surface area contributed by atoms with Gasteiger partial charge in [-0.3, -0.25) is 0 Å². The fourth-order valence-electron chi connectivity index (χ4n) is 11.7.